The molecule has 0 bridgehead atoms. The number of fused-ring (bicyclic) bond motifs is 1. The van der Waals surface area contributed by atoms with Gasteiger partial charge in [-0.25, -0.2) is 4.98 Å². The zero-order valence-electron chi connectivity index (χ0n) is 13.8. The molecular formula is C17H24N4OS. The minimum Gasteiger partial charge on any atom is -0.355 e. The number of para-hydroxylation sites is 1. The lowest BCUT2D eigenvalue weighted by Gasteiger charge is -2.31. The summed E-state index contributed by atoms with van der Waals surface area (Å²) in [4.78, 5) is 21.3. The van der Waals surface area contributed by atoms with Gasteiger partial charge in [-0.05, 0) is 39.1 Å². The number of piperidine rings is 1. The maximum absolute atomic E-state index is 12.2. The predicted molar refractivity (Wildman–Crippen MR) is 96.1 cm³/mol. The Morgan fingerprint density at radius 2 is 2.09 bits per heavy atom. The first-order chi connectivity index (χ1) is 11.1. The van der Waals surface area contributed by atoms with Gasteiger partial charge in [0, 0.05) is 32.1 Å². The lowest BCUT2D eigenvalue weighted by Crippen LogP contribution is -2.42. The van der Waals surface area contributed by atoms with E-state index >= 15 is 0 Å². The molecule has 3 rings (SSSR count). The van der Waals surface area contributed by atoms with Gasteiger partial charge in [0.1, 0.15) is 0 Å². The fourth-order valence-corrected chi connectivity index (χ4v) is 3.89. The van der Waals surface area contributed by atoms with Crippen molar-refractivity contribution in [2.45, 2.75) is 12.8 Å². The van der Waals surface area contributed by atoms with Crippen molar-refractivity contribution in [3.05, 3.63) is 24.3 Å². The molecule has 1 saturated heterocycles. The highest BCUT2D eigenvalue weighted by Crippen LogP contribution is 2.31. The summed E-state index contributed by atoms with van der Waals surface area (Å²) in [7, 11) is 4.03. The van der Waals surface area contributed by atoms with Crippen molar-refractivity contribution in [3.63, 3.8) is 0 Å². The number of nitrogens with one attached hydrogen (secondary N) is 1. The molecule has 23 heavy (non-hydrogen) atoms. The number of benzene rings is 1. The summed E-state index contributed by atoms with van der Waals surface area (Å²) in [5.41, 5.74) is 1.07. The third-order valence-corrected chi connectivity index (χ3v) is 5.37. The van der Waals surface area contributed by atoms with Crippen molar-refractivity contribution < 1.29 is 4.79 Å². The lowest BCUT2D eigenvalue weighted by molar-refractivity contribution is -0.125. The highest BCUT2D eigenvalue weighted by molar-refractivity contribution is 7.22. The summed E-state index contributed by atoms with van der Waals surface area (Å²) in [5.74, 6) is 0.346. The van der Waals surface area contributed by atoms with E-state index in [0.29, 0.717) is 0 Å². The molecule has 0 atom stereocenters. The normalized spacial score (nSPS) is 16.2. The molecule has 0 aliphatic carbocycles. The van der Waals surface area contributed by atoms with Crippen LogP contribution in [0.3, 0.4) is 0 Å². The van der Waals surface area contributed by atoms with Gasteiger partial charge in [-0.1, -0.05) is 23.5 Å². The molecule has 0 unspecified atom stereocenters. The van der Waals surface area contributed by atoms with E-state index in [1.807, 2.05) is 20.2 Å². The highest BCUT2D eigenvalue weighted by Gasteiger charge is 2.26. The Morgan fingerprint density at radius 1 is 1.35 bits per heavy atom. The van der Waals surface area contributed by atoms with Crippen LogP contribution in [-0.4, -0.2) is 56.1 Å². The van der Waals surface area contributed by atoms with Gasteiger partial charge < -0.3 is 15.1 Å². The van der Waals surface area contributed by atoms with Crippen molar-refractivity contribution in [1.82, 2.24) is 15.2 Å². The second-order valence-electron chi connectivity index (χ2n) is 6.32. The maximum atomic E-state index is 12.2. The monoisotopic (exact) mass is 332 g/mol. The van der Waals surface area contributed by atoms with Crippen LogP contribution in [0.4, 0.5) is 5.13 Å². The molecule has 2 heterocycles. The van der Waals surface area contributed by atoms with E-state index in [0.717, 1.165) is 49.7 Å². The summed E-state index contributed by atoms with van der Waals surface area (Å²) in [6, 6.07) is 8.24. The first kappa shape index (κ1) is 16.2. The van der Waals surface area contributed by atoms with Crippen molar-refractivity contribution in [1.29, 1.82) is 0 Å². The van der Waals surface area contributed by atoms with Crippen molar-refractivity contribution in [2.24, 2.45) is 5.92 Å². The van der Waals surface area contributed by atoms with Gasteiger partial charge in [-0.2, -0.15) is 0 Å². The summed E-state index contributed by atoms with van der Waals surface area (Å²) < 4.78 is 1.23. The van der Waals surface area contributed by atoms with Crippen LogP contribution in [0.15, 0.2) is 24.3 Å². The fraction of sp³-hybridized carbons (Fsp3) is 0.529. The van der Waals surface area contributed by atoms with E-state index < -0.39 is 0 Å². The lowest BCUT2D eigenvalue weighted by atomic mass is 9.96. The molecule has 1 aliphatic heterocycles. The van der Waals surface area contributed by atoms with Gasteiger partial charge in [0.25, 0.3) is 0 Å². The van der Waals surface area contributed by atoms with Gasteiger partial charge in [0.2, 0.25) is 5.91 Å². The first-order valence-corrected chi connectivity index (χ1v) is 8.98. The molecule has 0 saturated carbocycles. The second kappa shape index (κ2) is 7.27. The first-order valence-electron chi connectivity index (χ1n) is 8.16. The summed E-state index contributed by atoms with van der Waals surface area (Å²) in [5, 5.41) is 4.13. The molecule has 1 fully saturated rings. The molecule has 5 nitrogen and oxygen atoms in total. The average Bonchev–Trinajstić information content (AvgIpc) is 2.98. The molecule has 1 aromatic carbocycles. The summed E-state index contributed by atoms with van der Waals surface area (Å²) in [6.07, 6.45) is 1.81. The third kappa shape index (κ3) is 4.00. The molecular weight excluding hydrogens is 308 g/mol. The standard InChI is InChI=1S/C17H24N4OS/c1-20(2)12-9-18-16(22)13-7-10-21(11-8-13)17-19-14-5-3-4-6-15(14)23-17/h3-6,13H,7-12H2,1-2H3,(H,18,22). The molecule has 1 amide bonds. The topological polar surface area (TPSA) is 48.5 Å². The average molecular weight is 332 g/mol. The predicted octanol–water partition coefficient (Wildman–Crippen LogP) is 2.19. The van der Waals surface area contributed by atoms with Crippen LogP contribution in [0, 0.1) is 5.92 Å². The SMILES string of the molecule is CN(C)CCNC(=O)C1CCN(c2nc3ccccc3s2)CC1. The number of rotatable bonds is 5. The number of aromatic nitrogens is 1. The third-order valence-electron chi connectivity index (χ3n) is 4.28. The summed E-state index contributed by atoms with van der Waals surface area (Å²) >= 11 is 1.74. The van der Waals surface area contributed by atoms with Gasteiger partial charge in [-0.3, -0.25) is 4.79 Å². The molecule has 6 heteroatoms. The number of hydrogen-bond donors (Lipinski definition) is 1. The number of nitrogens with zero attached hydrogens (tertiary/aromatic N) is 3. The quantitative estimate of drug-likeness (QED) is 0.912. The van der Waals surface area contributed by atoms with E-state index in [1.54, 1.807) is 11.3 Å². The van der Waals surface area contributed by atoms with E-state index in [2.05, 4.69) is 33.3 Å². The van der Waals surface area contributed by atoms with E-state index in [-0.39, 0.29) is 11.8 Å². The zero-order chi connectivity index (χ0) is 16.2. The number of anilines is 1. The Hall–Kier alpha value is -1.66. The van der Waals surface area contributed by atoms with Crippen LogP contribution >= 0.6 is 11.3 Å². The minimum absolute atomic E-state index is 0.141. The molecule has 1 N–H and O–H groups in total. The highest BCUT2D eigenvalue weighted by atomic mass is 32.1. The van der Waals surface area contributed by atoms with Crippen LogP contribution in [0.1, 0.15) is 12.8 Å². The number of amides is 1. The Morgan fingerprint density at radius 3 is 2.78 bits per heavy atom. The van der Waals surface area contributed by atoms with Gasteiger partial charge in [0.15, 0.2) is 5.13 Å². The van der Waals surface area contributed by atoms with Crippen molar-refractivity contribution in [3.8, 4) is 0 Å². The second-order valence-corrected chi connectivity index (χ2v) is 7.33. The van der Waals surface area contributed by atoms with Crippen molar-refractivity contribution in [2.75, 3.05) is 45.2 Å². The molecule has 124 valence electrons. The van der Waals surface area contributed by atoms with E-state index in [9.17, 15) is 4.79 Å². The molecule has 0 spiro atoms. The van der Waals surface area contributed by atoms with Crippen LogP contribution in [-0.2, 0) is 4.79 Å². The number of carbonyl (C=O) groups is 1. The van der Waals surface area contributed by atoms with Crippen LogP contribution in [0.25, 0.3) is 10.2 Å². The van der Waals surface area contributed by atoms with Gasteiger partial charge in [-0.15, -0.1) is 0 Å². The Labute approximate surface area is 141 Å². The Kier molecular flexibility index (Phi) is 5.13. The number of likely N-dealkylation sites (N-methyl/N-ethyl adjacent to an activating group) is 1. The molecule has 1 aliphatic rings. The maximum Gasteiger partial charge on any atom is 0.223 e. The van der Waals surface area contributed by atoms with Crippen molar-refractivity contribution >= 4 is 32.6 Å². The minimum atomic E-state index is 0.141. The number of thiazole rings is 1. The number of hydrogen-bond acceptors (Lipinski definition) is 5. The zero-order valence-corrected chi connectivity index (χ0v) is 14.6. The van der Waals surface area contributed by atoms with Crippen LogP contribution < -0.4 is 10.2 Å². The van der Waals surface area contributed by atoms with Crippen LogP contribution in [0.5, 0.6) is 0 Å². The molecule has 0 radical (unpaired) electrons. The Balaban J connectivity index is 1.52. The van der Waals surface area contributed by atoms with Crippen LogP contribution in [0.2, 0.25) is 0 Å². The summed E-state index contributed by atoms with van der Waals surface area (Å²) in [6.45, 7) is 3.43. The Bertz CT molecular complexity index is 628. The van der Waals surface area contributed by atoms with Gasteiger partial charge in [0.05, 0.1) is 10.2 Å². The largest absolute Gasteiger partial charge is 0.355 e. The molecule has 1 aromatic heterocycles. The van der Waals surface area contributed by atoms with E-state index in [1.165, 1.54) is 4.70 Å². The fourth-order valence-electron chi connectivity index (χ4n) is 2.88. The molecule has 2 aromatic rings. The smallest absolute Gasteiger partial charge is 0.223 e. The van der Waals surface area contributed by atoms with Gasteiger partial charge >= 0.3 is 0 Å². The number of carbonyl (C=O) groups excluding carboxylic acids is 1. The van der Waals surface area contributed by atoms with E-state index in [4.69, 9.17) is 4.98 Å².